The average molecular weight is 376 g/mol. The molecule has 1 amide bonds. The Balaban J connectivity index is 1.44. The molecule has 1 aliphatic heterocycles. The molecule has 1 aliphatic rings. The van der Waals surface area contributed by atoms with Crippen molar-refractivity contribution in [2.24, 2.45) is 0 Å². The molecule has 0 bridgehead atoms. The standard InChI is InChI=1S/C22H21FN4O/c1-16-20(15-24-21(25-16)17-5-3-2-4-6-17)22(28)27-13-11-26(12-14-27)19-9-7-18(23)8-10-19/h2-10,15H,11-14H2,1H3. The molecule has 0 N–H and O–H groups in total. The Labute approximate surface area is 163 Å². The largest absolute Gasteiger partial charge is 0.368 e. The zero-order valence-electron chi connectivity index (χ0n) is 15.7. The number of aromatic nitrogens is 2. The summed E-state index contributed by atoms with van der Waals surface area (Å²) in [5, 5.41) is 0. The van der Waals surface area contributed by atoms with E-state index in [0.29, 0.717) is 43.3 Å². The van der Waals surface area contributed by atoms with Crippen molar-refractivity contribution >= 4 is 11.6 Å². The number of rotatable bonds is 3. The molecule has 4 rings (SSSR count). The second-order valence-corrected chi connectivity index (χ2v) is 6.81. The van der Waals surface area contributed by atoms with E-state index in [-0.39, 0.29) is 11.7 Å². The van der Waals surface area contributed by atoms with Gasteiger partial charge in [-0.2, -0.15) is 0 Å². The third-order valence-electron chi connectivity index (χ3n) is 5.00. The number of carbonyl (C=O) groups excluding carboxylic acids is 1. The summed E-state index contributed by atoms with van der Waals surface area (Å²) < 4.78 is 13.1. The normalized spacial score (nSPS) is 14.2. The lowest BCUT2D eigenvalue weighted by atomic mass is 10.1. The second kappa shape index (κ2) is 7.76. The molecule has 6 heteroatoms. The van der Waals surface area contributed by atoms with Gasteiger partial charge in [0.2, 0.25) is 0 Å². The van der Waals surface area contributed by atoms with Crippen LogP contribution >= 0.6 is 0 Å². The average Bonchev–Trinajstić information content (AvgIpc) is 2.74. The van der Waals surface area contributed by atoms with E-state index >= 15 is 0 Å². The minimum Gasteiger partial charge on any atom is -0.368 e. The number of hydrogen-bond donors (Lipinski definition) is 0. The van der Waals surface area contributed by atoms with E-state index in [1.807, 2.05) is 42.2 Å². The monoisotopic (exact) mass is 376 g/mol. The number of nitrogens with zero attached hydrogens (tertiary/aromatic N) is 4. The van der Waals surface area contributed by atoms with Crippen molar-refractivity contribution in [1.82, 2.24) is 14.9 Å². The van der Waals surface area contributed by atoms with Gasteiger partial charge in [0.05, 0.1) is 11.3 Å². The molecule has 1 saturated heterocycles. The molecule has 5 nitrogen and oxygen atoms in total. The maximum atomic E-state index is 13.1. The molecule has 3 aromatic rings. The van der Waals surface area contributed by atoms with Gasteiger partial charge >= 0.3 is 0 Å². The third kappa shape index (κ3) is 3.71. The van der Waals surface area contributed by atoms with Crippen molar-refractivity contribution in [2.45, 2.75) is 6.92 Å². The van der Waals surface area contributed by atoms with E-state index in [9.17, 15) is 9.18 Å². The fourth-order valence-electron chi connectivity index (χ4n) is 3.39. The summed E-state index contributed by atoms with van der Waals surface area (Å²) >= 11 is 0. The van der Waals surface area contributed by atoms with Crippen LogP contribution in [0.15, 0.2) is 60.8 Å². The molecule has 1 aromatic heterocycles. The predicted octanol–water partition coefficient (Wildman–Crippen LogP) is 3.55. The molecule has 0 spiro atoms. The van der Waals surface area contributed by atoms with E-state index in [2.05, 4.69) is 14.9 Å². The van der Waals surface area contributed by atoms with Gasteiger partial charge in [0.1, 0.15) is 5.82 Å². The van der Waals surface area contributed by atoms with Gasteiger partial charge in [-0.15, -0.1) is 0 Å². The predicted molar refractivity (Wildman–Crippen MR) is 107 cm³/mol. The molecule has 0 saturated carbocycles. The zero-order valence-corrected chi connectivity index (χ0v) is 15.7. The summed E-state index contributed by atoms with van der Waals surface area (Å²) in [6, 6.07) is 16.2. The fourth-order valence-corrected chi connectivity index (χ4v) is 3.39. The number of carbonyl (C=O) groups is 1. The van der Waals surface area contributed by atoms with Crippen LogP contribution in [0.25, 0.3) is 11.4 Å². The number of piperazine rings is 1. The lowest BCUT2D eigenvalue weighted by Gasteiger charge is -2.36. The van der Waals surface area contributed by atoms with Crippen LogP contribution in [0.1, 0.15) is 16.1 Å². The minimum absolute atomic E-state index is 0.0455. The Bertz CT molecular complexity index is 968. The fraction of sp³-hybridized carbons (Fsp3) is 0.227. The first-order chi connectivity index (χ1) is 13.6. The van der Waals surface area contributed by atoms with Crippen LogP contribution in [-0.2, 0) is 0 Å². The van der Waals surface area contributed by atoms with E-state index in [0.717, 1.165) is 11.3 Å². The van der Waals surface area contributed by atoms with Gasteiger partial charge in [0.25, 0.3) is 5.91 Å². The van der Waals surface area contributed by atoms with Crippen molar-refractivity contribution in [2.75, 3.05) is 31.1 Å². The first-order valence-electron chi connectivity index (χ1n) is 9.30. The van der Waals surface area contributed by atoms with Crippen molar-refractivity contribution in [3.63, 3.8) is 0 Å². The van der Waals surface area contributed by atoms with Gasteiger partial charge in [0.15, 0.2) is 5.82 Å². The van der Waals surface area contributed by atoms with Gasteiger partial charge in [-0.25, -0.2) is 14.4 Å². The molecule has 2 aromatic carbocycles. The van der Waals surface area contributed by atoms with Crippen LogP contribution in [0, 0.1) is 12.7 Å². The van der Waals surface area contributed by atoms with E-state index in [1.165, 1.54) is 12.1 Å². The van der Waals surface area contributed by atoms with Crippen molar-refractivity contribution in [1.29, 1.82) is 0 Å². The molecule has 0 radical (unpaired) electrons. The highest BCUT2D eigenvalue weighted by atomic mass is 19.1. The maximum Gasteiger partial charge on any atom is 0.257 e. The Morgan fingerprint density at radius 3 is 2.29 bits per heavy atom. The number of hydrogen-bond acceptors (Lipinski definition) is 4. The molecule has 0 aliphatic carbocycles. The number of halogens is 1. The molecular formula is C22H21FN4O. The summed E-state index contributed by atoms with van der Waals surface area (Å²) in [6.45, 7) is 4.47. The van der Waals surface area contributed by atoms with Crippen molar-refractivity contribution < 1.29 is 9.18 Å². The Morgan fingerprint density at radius 2 is 1.64 bits per heavy atom. The number of benzene rings is 2. The van der Waals surface area contributed by atoms with Crippen LogP contribution in [0.4, 0.5) is 10.1 Å². The Morgan fingerprint density at radius 1 is 0.964 bits per heavy atom. The third-order valence-corrected chi connectivity index (χ3v) is 5.00. The van der Waals surface area contributed by atoms with Crippen LogP contribution in [0.2, 0.25) is 0 Å². The first-order valence-corrected chi connectivity index (χ1v) is 9.30. The van der Waals surface area contributed by atoms with Gasteiger partial charge in [-0.3, -0.25) is 4.79 Å². The summed E-state index contributed by atoms with van der Waals surface area (Å²) in [5.41, 5.74) is 3.12. The van der Waals surface area contributed by atoms with Crippen LogP contribution in [-0.4, -0.2) is 47.0 Å². The number of amides is 1. The highest BCUT2D eigenvalue weighted by Crippen LogP contribution is 2.20. The lowest BCUT2D eigenvalue weighted by Crippen LogP contribution is -2.49. The minimum atomic E-state index is -0.244. The molecule has 1 fully saturated rings. The highest BCUT2D eigenvalue weighted by molar-refractivity contribution is 5.95. The van der Waals surface area contributed by atoms with Crippen LogP contribution < -0.4 is 4.90 Å². The van der Waals surface area contributed by atoms with Gasteiger partial charge < -0.3 is 9.80 Å². The topological polar surface area (TPSA) is 49.3 Å². The Hall–Kier alpha value is -3.28. The highest BCUT2D eigenvalue weighted by Gasteiger charge is 2.24. The van der Waals surface area contributed by atoms with Crippen molar-refractivity contribution in [3.05, 3.63) is 77.9 Å². The van der Waals surface area contributed by atoms with Gasteiger partial charge in [-0.05, 0) is 31.2 Å². The molecule has 0 unspecified atom stereocenters. The maximum absolute atomic E-state index is 13.1. The summed E-state index contributed by atoms with van der Waals surface area (Å²) in [6.07, 6.45) is 1.62. The zero-order chi connectivity index (χ0) is 19.5. The number of anilines is 1. The van der Waals surface area contributed by atoms with Crippen molar-refractivity contribution in [3.8, 4) is 11.4 Å². The van der Waals surface area contributed by atoms with E-state index in [1.54, 1.807) is 18.3 Å². The Kier molecular flexibility index (Phi) is 5.02. The molecule has 28 heavy (non-hydrogen) atoms. The molecule has 0 atom stereocenters. The quantitative estimate of drug-likeness (QED) is 0.701. The van der Waals surface area contributed by atoms with E-state index < -0.39 is 0 Å². The molecule has 142 valence electrons. The first kappa shape index (κ1) is 18.1. The summed E-state index contributed by atoms with van der Waals surface area (Å²) in [7, 11) is 0. The second-order valence-electron chi connectivity index (χ2n) is 6.81. The van der Waals surface area contributed by atoms with Gasteiger partial charge in [-0.1, -0.05) is 30.3 Å². The lowest BCUT2D eigenvalue weighted by molar-refractivity contribution is 0.0745. The molecule has 2 heterocycles. The van der Waals surface area contributed by atoms with E-state index in [4.69, 9.17) is 0 Å². The summed E-state index contributed by atoms with van der Waals surface area (Å²) in [4.78, 5) is 25.8. The SMILES string of the molecule is Cc1nc(-c2ccccc2)ncc1C(=O)N1CCN(c2ccc(F)cc2)CC1. The number of aryl methyl sites for hydroxylation is 1. The summed E-state index contributed by atoms with van der Waals surface area (Å²) in [5.74, 6) is 0.332. The van der Waals surface area contributed by atoms with Crippen LogP contribution in [0.3, 0.4) is 0 Å². The van der Waals surface area contributed by atoms with Gasteiger partial charge in [0, 0.05) is 43.6 Å². The van der Waals surface area contributed by atoms with Crippen LogP contribution in [0.5, 0.6) is 0 Å². The smallest absolute Gasteiger partial charge is 0.257 e. The molecular weight excluding hydrogens is 355 g/mol.